The molecule has 0 fully saturated rings. The van der Waals surface area contributed by atoms with E-state index in [-0.39, 0.29) is 0 Å². The SMILES string of the molecule is CC(=O)NS(=O)(=O)OC(C)(C)C. The number of nitrogens with one attached hydrogen (secondary N) is 1. The molecule has 0 rings (SSSR count). The highest BCUT2D eigenvalue weighted by molar-refractivity contribution is 7.85. The van der Waals surface area contributed by atoms with Crippen molar-refractivity contribution in [2.45, 2.75) is 33.3 Å². The van der Waals surface area contributed by atoms with E-state index in [9.17, 15) is 13.2 Å². The van der Waals surface area contributed by atoms with Crippen LogP contribution in [-0.2, 0) is 19.3 Å². The predicted molar refractivity (Wildman–Crippen MR) is 43.6 cm³/mol. The molecule has 0 aliphatic rings. The standard InChI is InChI=1S/C6H13NO4S/c1-5(8)7-12(9,10)11-6(2,3)4/h1-4H3,(H,7,8). The fourth-order valence-corrected chi connectivity index (χ4v) is 1.58. The smallest absolute Gasteiger partial charge is 0.274 e. The van der Waals surface area contributed by atoms with Crippen molar-refractivity contribution in [1.82, 2.24) is 4.72 Å². The molecule has 0 aromatic heterocycles. The van der Waals surface area contributed by atoms with Gasteiger partial charge in [0.2, 0.25) is 5.91 Å². The first-order chi connectivity index (χ1) is 5.12. The van der Waals surface area contributed by atoms with Gasteiger partial charge in [-0.1, -0.05) is 0 Å². The van der Waals surface area contributed by atoms with Gasteiger partial charge in [-0.2, -0.15) is 8.42 Å². The number of amides is 1. The second kappa shape index (κ2) is 3.40. The molecule has 1 amide bonds. The number of carbonyl (C=O) groups excluding carboxylic acids is 1. The second-order valence-electron chi connectivity index (χ2n) is 3.31. The molecule has 1 N–H and O–H groups in total. The summed E-state index contributed by atoms with van der Waals surface area (Å²) in [6.07, 6.45) is 0. The summed E-state index contributed by atoms with van der Waals surface area (Å²) in [7, 11) is -3.94. The predicted octanol–water partition coefficient (Wildman–Crippen LogP) is 0.182. The second-order valence-corrected chi connectivity index (χ2v) is 4.59. The summed E-state index contributed by atoms with van der Waals surface area (Å²) < 4.78 is 28.1. The van der Waals surface area contributed by atoms with E-state index in [4.69, 9.17) is 0 Å². The third-order valence-electron chi connectivity index (χ3n) is 0.628. The Morgan fingerprint density at radius 2 is 1.75 bits per heavy atom. The lowest BCUT2D eigenvalue weighted by Gasteiger charge is -2.18. The van der Waals surface area contributed by atoms with Crippen LogP contribution in [0.2, 0.25) is 0 Å². The van der Waals surface area contributed by atoms with E-state index in [1.54, 1.807) is 25.5 Å². The minimum atomic E-state index is -3.94. The Hall–Kier alpha value is -0.620. The first-order valence-corrected chi connectivity index (χ1v) is 4.77. The third kappa shape index (κ3) is 6.11. The molecular formula is C6H13NO4S. The van der Waals surface area contributed by atoms with Gasteiger partial charge in [0.1, 0.15) is 0 Å². The van der Waals surface area contributed by atoms with Gasteiger partial charge in [0.25, 0.3) is 0 Å². The molecule has 0 aliphatic heterocycles. The Bertz CT molecular complexity index is 262. The molecule has 12 heavy (non-hydrogen) atoms. The quantitative estimate of drug-likeness (QED) is 0.682. The summed E-state index contributed by atoms with van der Waals surface area (Å²) in [6, 6.07) is 0. The van der Waals surface area contributed by atoms with Crippen molar-refractivity contribution >= 4 is 16.2 Å². The molecule has 0 aromatic rings. The Balaban J connectivity index is 4.36. The summed E-state index contributed by atoms with van der Waals surface area (Å²) >= 11 is 0. The van der Waals surface area contributed by atoms with Crippen LogP contribution in [-0.4, -0.2) is 19.9 Å². The van der Waals surface area contributed by atoms with Gasteiger partial charge in [-0.15, -0.1) is 0 Å². The molecule has 6 heteroatoms. The van der Waals surface area contributed by atoms with Gasteiger partial charge < -0.3 is 0 Å². The van der Waals surface area contributed by atoms with E-state index in [1.165, 1.54) is 0 Å². The average molecular weight is 195 g/mol. The van der Waals surface area contributed by atoms with Gasteiger partial charge >= 0.3 is 10.3 Å². The first-order valence-electron chi connectivity index (χ1n) is 3.36. The van der Waals surface area contributed by atoms with Crippen LogP contribution in [0.1, 0.15) is 27.7 Å². The minimum absolute atomic E-state index is 0.667. The van der Waals surface area contributed by atoms with E-state index in [0.717, 1.165) is 6.92 Å². The summed E-state index contributed by atoms with van der Waals surface area (Å²) in [5.41, 5.74) is -0.832. The molecular weight excluding hydrogens is 182 g/mol. The van der Waals surface area contributed by atoms with Gasteiger partial charge in [-0.3, -0.25) is 4.79 Å². The van der Waals surface area contributed by atoms with E-state index < -0.39 is 21.8 Å². The zero-order valence-corrected chi connectivity index (χ0v) is 8.36. The van der Waals surface area contributed by atoms with Crippen molar-refractivity contribution in [3.8, 4) is 0 Å². The molecule has 0 spiro atoms. The van der Waals surface area contributed by atoms with E-state index in [2.05, 4.69) is 4.18 Å². The lowest BCUT2D eigenvalue weighted by Crippen LogP contribution is -2.35. The van der Waals surface area contributed by atoms with E-state index in [0.29, 0.717) is 0 Å². The fraction of sp³-hybridized carbons (Fsp3) is 0.833. The molecule has 72 valence electrons. The van der Waals surface area contributed by atoms with Crippen LogP contribution in [0.4, 0.5) is 0 Å². The normalized spacial score (nSPS) is 12.7. The zero-order chi connectivity index (χ0) is 9.99. The number of carbonyl (C=O) groups is 1. The fourth-order valence-electron chi connectivity index (χ4n) is 0.526. The highest BCUT2D eigenvalue weighted by atomic mass is 32.2. The van der Waals surface area contributed by atoms with Crippen molar-refractivity contribution in [1.29, 1.82) is 0 Å². The molecule has 0 aromatic carbocycles. The molecule has 0 bridgehead atoms. The van der Waals surface area contributed by atoms with Crippen LogP contribution in [0, 0.1) is 0 Å². The highest BCUT2D eigenvalue weighted by Gasteiger charge is 2.22. The van der Waals surface area contributed by atoms with Crippen molar-refractivity contribution in [2.75, 3.05) is 0 Å². The Labute approximate surface area is 72.4 Å². The maximum atomic E-state index is 10.9. The van der Waals surface area contributed by atoms with Crippen molar-refractivity contribution < 1.29 is 17.4 Å². The van der Waals surface area contributed by atoms with Crippen LogP contribution in [0.3, 0.4) is 0 Å². The number of hydrogen-bond acceptors (Lipinski definition) is 4. The average Bonchev–Trinajstić information content (AvgIpc) is 1.48. The van der Waals surface area contributed by atoms with Crippen LogP contribution in [0.15, 0.2) is 0 Å². The molecule has 5 nitrogen and oxygen atoms in total. The van der Waals surface area contributed by atoms with Crippen molar-refractivity contribution in [3.05, 3.63) is 0 Å². The topological polar surface area (TPSA) is 72.5 Å². The molecule has 0 atom stereocenters. The third-order valence-corrected chi connectivity index (χ3v) is 1.89. The summed E-state index contributed by atoms with van der Waals surface area (Å²) in [4.78, 5) is 10.4. The van der Waals surface area contributed by atoms with Gasteiger partial charge in [0.05, 0.1) is 5.60 Å². The Kier molecular flexibility index (Phi) is 3.23. The largest absolute Gasteiger partial charge is 0.362 e. The Morgan fingerprint density at radius 3 is 2.00 bits per heavy atom. The van der Waals surface area contributed by atoms with Gasteiger partial charge in [-0.25, -0.2) is 8.91 Å². The van der Waals surface area contributed by atoms with E-state index in [1.807, 2.05) is 0 Å². The highest BCUT2D eigenvalue weighted by Crippen LogP contribution is 2.09. The van der Waals surface area contributed by atoms with Crippen LogP contribution in [0.5, 0.6) is 0 Å². The molecule has 0 saturated carbocycles. The number of hydrogen-bond donors (Lipinski definition) is 1. The summed E-state index contributed by atoms with van der Waals surface area (Å²) in [5.74, 6) is -0.667. The molecule has 0 heterocycles. The maximum Gasteiger partial charge on any atom is 0.362 e. The van der Waals surface area contributed by atoms with Crippen LogP contribution < -0.4 is 4.72 Å². The van der Waals surface area contributed by atoms with Gasteiger partial charge in [0.15, 0.2) is 0 Å². The maximum absolute atomic E-state index is 10.9. The minimum Gasteiger partial charge on any atom is -0.274 e. The molecule has 0 radical (unpaired) electrons. The summed E-state index contributed by atoms with van der Waals surface area (Å²) in [6.45, 7) is 5.83. The molecule has 0 unspecified atom stereocenters. The summed E-state index contributed by atoms with van der Waals surface area (Å²) in [5, 5.41) is 0. The van der Waals surface area contributed by atoms with Gasteiger partial charge in [-0.05, 0) is 20.8 Å². The van der Waals surface area contributed by atoms with Crippen molar-refractivity contribution in [2.24, 2.45) is 0 Å². The molecule has 0 aliphatic carbocycles. The first kappa shape index (κ1) is 11.4. The monoisotopic (exact) mass is 195 g/mol. The zero-order valence-electron chi connectivity index (χ0n) is 7.54. The number of rotatable bonds is 2. The van der Waals surface area contributed by atoms with Crippen LogP contribution >= 0.6 is 0 Å². The lowest BCUT2D eigenvalue weighted by atomic mass is 10.2. The molecule has 0 saturated heterocycles. The van der Waals surface area contributed by atoms with E-state index >= 15 is 0 Å². The lowest BCUT2D eigenvalue weighted by molar-refractivity contribution is -0.117. The van der Waals surface area contributed by atoms with Crippen molar-refractivity contribution in [3.63, 3.8) is 0 Å². The van der Waals surface area contributed by atoms with Crippen LogP contribution in [0.25, 0.3) is 0 Å². The van der Waals surface area contributed by atoms with Gasteiger partial charge in [0, 0.05) is 6.92 Å². The Morgan fingerprint density at radius 1 is 1.33 bits per heavy atom.